The molecule has 0 radical (unpaired) electrons. The minimum absolute atomic E-state index is 0.329. The first-order valence-electron chi connectivity index (χ1n) is 7.45. The molecule has 0 aromatic rings. The van der Waals surface area contributed by atoms with Crippen molar-refractivity contribution in [1.82, 2.24) is 4.90 Å². The number of aliphatic hydroxyl groups is 1. The van der Waals surface area contributed by atoms with E-state index in [0.29, 0.717) is 24.5 Å². The monoisotopic (exact) mass is 258 g/mol. The zero-order valence-corrected chi connectivity index (χ0v) is 13.2. The van der Waals surface area contributed by atoms with Gasteiger partial charge in [-0.15, -0.1) is 0 Å². The zero-order valence-electron chi connectivity index (χ0n) is 13.2. The van der Waals surface area contributed by atoms with Crippen LogP contribution in [0.5, 0.6) is 0 Å². The third-order valence-electron chi connectivity index (χ3n) is 3.73. The molecule has 3 nitrogen and oxygen atoms in total. The van der Waals surface area contributed by atoms with Crippen LogP contribution in [0.2, 0.25) is 0 Å². The third-order valence-corrected chi connectivity index (χ3v) is 3.73. The molecule has 0 aliphatic heterocycles. The van der Waals surface area contributed by atoms with Crippen LogP contribution in [0.25, 0.3) is 0 Å². The Bertz CT molecular complexity index is 213. The molecule has 3 heteroatoms. The van der Waals surface area contributed by atoms with E-state index >= 15 is 0 Å². The first-order chi connectivity index (χ1) is 8.27. The van der Waals surface area contributed by atoms with Gasteiger partial charge in [0.05, 0.1) is 5.60 Å². The van der Waals surface area contributed by atoms with Crippen LogP contribution in [0.4, 0.5) is 0 Å². The summed E-state index contributed by atoms with van der Waals surface area (Å²) in [6, 6.07) is 0.979. The van der Waals surface area contributed by atoms with E-state index in [0.717, 1.165) is 13.0 Å². The van der Waals surface area contributed by atoms with Crippen molar-refractivity contribution in [2.24, 2.45) is 11.7 Å². The van der Waals surface area contributed by atoms with E-state index in [-0.39, 0.29) is 0 Å². The highest BCUT2D eigenvalue weighted by atomic mass is 16.3. The lowest BCUT2D eigenvalue weighted by atomic mass is 9.94. The van der Waals surface area contributed by atoms with Crippen molar-refractivity contribution in [3.63, 3.8) is 0 Å². The Morgan fingerprint density at radius 2 is 1.67 bits per heavy atom. The van der Waals surface area contributed by atoms with Gasteiger partial charge in [-0.3, -0.25) is 4.90 Å². The summed E-state index contributed by atoms with van der Waals surface area (Å²) in [7, 11) is 0. The van der Waals surface area contributed by atoms with Crippen molar-refractivity contribution in [2.75, 3.05) is 13.1 Å². The molecule has 0 bridgehead atoms. The molecule has 0 aliphatic carbocycles. The number of nitrogens with two attached hydrogens (primary N) is 1. The van der Waals surface area contributed by atoms with Crippen LogP contribution in [0.15, 0.2) is 0 Å². The van der Waals surface area contributed by atoms with Crippen LogP contribution in [0.1, 0.15) is 60.8 Å². The number of hydrogen-bond donors (Lipinski definition) is 2. The van der Waals surface area contributed by atoms with E-state index in [1.807, 2.05) is 6.92 Å². The molecule has 0 amide bonds. The molecule has 110 valence electrons. The van der Waals surface area contributed by atoms with Crippen molar-refractivity contribution in [3.05, 3.63) is 0 Å². The highest BCUT2D eigenvalue weighted by Crippen LogP contribution is 2.21. The Balaban J connectivity index is 4.73. The molecule has 2 unspecified atom stereocenters. The van der Waals surface area contributed by atoms with Gasteiger partial charge < -0.3 is 10.8 Å². The number of nitrogens with zero attached hydrogens (tertiary/aromatic N) is 1. The van der Waals surface area contributed by atoms with Crippen LogP contribution in [0, 0.1) is 5.92 Å². The standard InChI is InChI=1S/C15H34N2O/c1-7-14(8-2)17(10-12(3)4)13(5)9-15(6,18)11-16/h12-14,18H,7-11,16H2,1-6H3. The molecular weight excluding hydrogens is 224 g/mol. The van der Waals surface area contributed by atoms with Crippen molar-refractivity contribution < 1.29 is 5.11 Å². The van der Waals surface area contributed by atoms with Crippen molar-refractivity contribution in [3.8, 4) is 0 Å². The minimum Gasteiger partial charge on any atom is -0.389 e. The molecule has 0 aromatic heterocycles. The Morgan fingerprint density at radius 3 is 2.00 bits per heavy atom. The van der Waals surface area contributed by atoms with E-state index in [1.165, 1.54) is 12.8 Å². The molecule has 18 heavy (non-hydrogen) atoms. The molecule has 0 rings (SSSR count). The van der Waals surface area contributed by atoms with E-state index in [9.17, 15) is 5.11 Å². The molecule has 0 saturated carbocycles. The Kier molecular flexibility index (Phi) is 8.08. The summed E-state index contributed by atoms with van der Waals surface area (Å²) in [5.41, 5.74) is 4.88. The van der Waals surface area contributed by atoms with Gasteiger partial charge in [-0.1, -0.05) is 27.7 Å². The normalized spacial score (nSPS) is 17.5. The predicted octanol–water partition coefficient (Wildman–Crippen LogP) is 2.62. The van der Waals surface area contributed by atoms with Gasteiger partial charge in [0.25, 0.3) is 0 Å². The van der Waals surface area contributed by atoms with Gasteiger partial charge in [0.15, 0.2) is 0 Å². The lowest BCUT2D eigenvalue weighted by molar-refractivity contribution is 0.0134. The largest absolute Gasteiger partial charge is 0.389 e. The van der Waals surface area contributed by atoms with Gasteiger partial charge in [0.2, 0.25) is 0 Å². The van der Waals surface area contributed by atoms with Crippen LogP contribution in [-0.2, 0) is 0 Å². The second-order valence-electron chi connectivity index (χ2n) is 6.32. The molecular formula is C15H34N2O. The van der Waals surface area contributed by atoms with Crippen molar-refractivity contribution in [2.45, 2.75) is 78.5 Å². The predicted molar refractivity (Wildman–Crippen MR) is 79.7 cm³/mol. The first-order valence-corrected chi connectivity index (χ1v) is 7.45. The van der Waals surface area contributed by atoms with E-state index in [2.05, 4.69) is 39.5 Å². The van der Waals surface area contributed by atoms with E-state index < -0.39 is 5.60 Å². The van der Waals surface area contributed by atoms with E-state index in [4.69, 9.17) is 5.73 Å². The summed E-state index contributed by atoms with van der Waals surface area (Å²) in [5.74, 6) is 0.649. The van der Waals surface area contributed by atoms with Crippen molar-refractivity contribution >= 4 is 0 Å². The van der Waals surface area contributed by atoms with Gasteiger partial charge in [-0.05, 0) is 39.0 Å². The average molecular weight is 258 g/mol. The minimum atomic E-state index is -0.749. The highest BCUT2D eigenvalue weighted by molar-refractivity contribution is 4.84. The highest BCUT2D eigenvalue weighted by Gasteiger charge is 2.28. The van der Waals surface area contributed by atoms with Crippen molar-refractivity contribution in [1.29, 1.82) is 0 Å². The average Bonchev–Trinajstić information content (AvgIpc) is 2.28. The third kappa shape index (κ3) is 6.17. The zero-order chi connectivity index (χ0) is 14.3. The smallest absolute Gasteiger partial charge is 0.0756 e. The van der Waals surface area contributed by atoms with Gasteiger partial charge >= 0.3 is 0 Å². The van der Waals surface area contributed by atoms with Gasteiger partial charge in [-0.2, -0.15) is 0 Å². The maximum absolute atomic E-state index is 10.2. The summed E-state index contributed by atoms with van der Waals surface area (Å²) < 4.78 is 0. The van der Waals surface area contributed by atoms with Gasteiger partial charge in [0, 0.05) is 25.2 Å². The molecule has 2 atom stereocenters. The summed E-state index contributed by atoms with van der Waals surface area (Å²) in [5, 5.41) is 10.2. The lowest BCUT2D eigenvalue weighted by Gasteiger charge is -2.39. The number of hydrogen-bond acceptors (Lipinski definition) is 3. The fourth-order valence-electron chi connectivity index (χ4n) is 2.71. The Morgan fingerprint density at radius 1 is 1.17 bits per heavy atom. The maximum atomic E-state index is 10.2. The number of rotatable bonds is 9. The lowest BCUT2D eigenvalue weighted by Crippen LogP contribution is -2.48. The second kappa shape index (κ2) is 8.13. The molecule has 0 heterocycles. The van der Waals surface area contributed by atoms with Crippen LogP contribution >= 0.6 is 0 Å². The van der Waals surface area contributed by atoms with Gasteiger partial charge in [-0.25, -0.2) is 0 Å². The molecule has 0 fully saturated rings. The summed E-state index contributed by atoms with van der Waals surface area (Å²) in [6.45, 7) is 14.5. The SMILES string of the molecule is CCC(CC)N(CC(C)C)C(C)CC(C)(O)CN. The maximum Gasteiger partial charge on any atom is 0.0756 e. The quantitative estimate of drug-likeness (QED) is 0.668. The summed E-state index contributed by atoms with van der Waals surface area (Å²) >= 11 is 0. The molecule has 0 saturated heterocycles. The van der Waals surface area contributed by atoms with Gasteiger partial charge in [0.1, 0.15) is 0 Å². The fraction of sp³-hybridized carbons (Fsp3) is 1.00. The first kappa shape index (κ1) is 17.9. The molecule has 0 aliphatic rings. The Hall–Kier alpha value is -0.120. The van der Waals surface area contributed by atoms with Crippen LogP contribution < -0.4 is 5.73 Å². The topological polar surface area (TPSA) is 49.5 Å². The van der Waals surface area contributed by atoms with Crippen LogP contribution in [-0.4, -0.2) is 40.8 Å². The molecule has 3 N–H and O–H groups in total. The Labute approximate surface area is 114 Å². The summed E-state index contributed by atoms with van der Waals surface area (Å²) in [6.07, 6.45) is 3.07. The van der Waals surface area contributed by atoms with Crippen LogP contribution in [0.3, 0.4) is 0 Å². The van der Waals surface area contributed by atoms with E-state index in [1.54, 1.807) is 0 Å². The molecule has 0 aromatic carbocycles. The molecule has 0 spiro atoms. The second-order valence-corrected chi connectivity index (χ2v) is 6.32. The summed E-state index contributed by atoms with van der Waals surface area (Å²) in [4.78, 5) is 2.55. The fourth-order valence-corrected chi connectivity index (χ4v) is 2.71.